The lowest BCUT2D eigenvalue weighted by Gasteiger charge is -2.04. The van der Waals surface area contributed by atoms with Crippen molar-refractivity contribution in [1.29, 1.82) is 0 Å². The van der Waals surface area contributed by atoms with Crippen molar-refractivity contribution in [1.82, 2.24) is 19.9 Å². The van der Waals surface area contributed by atoms with E-state index in [-0.39, 0.29) is 6.61 Å². The third kappa shape index (κ3) is 3.85. The van der Waals surface area contributed by atoms with Crippen molar-refractivity contribution in [2.45, 2.75) is 12.8 Å². The van der Waals surface area contributed by atoms with Gasteiger partial charge in [-0.15, -0.1) is 0 Å². The van der Waals surface area contributed by atoms with Gasteiger partial charge >= 0.3 is 7.60 Å². The Morgan fingerprint density at radius 1 is 1.39 bits per heavy atom. The van der Waals surface area contributed by atoms with E-state index in [1.807, 2.05) is 0 Å². The molecule has 2 heterocycles. The van der Waals surface area contributed by atoms with Gasteiger partial charge in [0.2, 0.25) is 0 Å². The first-order valence-electron chi connectivity index (χ1n) is 5.32. The zero-order valence-corrected chi connectivity index (χ0v) is 10.4. The molecule has 0 amide bonds. The highest BCUT2D eigenvalue weighted by atomic mass is 31.2. The number of nitrogens with zero attached hydrogens (tertiary/aromatic N) is 3. The van der Waals surface area contributed by atoms with Crippen LogP contribution in [0.2, 0.25) is 0 Å². The molecule has 0 aromatic carbocycles. The topological polar surface area (TPSA) is 121 Å². The Labute approximate surface area is 103 Å². The van der Waals surface area contributed by atoms with Gasteiger partial charge in [-0.1, -0.05) is 0 Å². The minimum absolute atomic E-state index is 0.257. The molecule has 0 fully saturated rings. The van der Waals surface area contributed by atoms with Crippen molar-refractivity contribution >= 4 is 18.8 Å². The summed E-state index contributed by atoms with van der Waals surface area (Å²) in [5.74, 6) is 0.634. The van der Waals surface area contributed by atoms with Crippen LogP contribution in [0.4, 0.5) is 0 Å². The summed E-state index contributed by atoms with van der Waals surface area (Å²) in [4.78, 5) is 32.4. The summed E-state index contributed by atoms with van der Waals surface area (Å²) in [5, 5.41) is 0. The number of nitrogens with one attached hydrogen (secondary N) is 1. The third-order valence-electron chi connectivity index (χ3n) is 2.17. The summed E-state index contributed by atoms with van der Waals surface area (Å²) in [7, 11) is -4.07. The Morgan fingerprint density at radius 2 is 2.22 bits per heavy atom. The molecule has 0 atom stereocenters. The molecule has 8 nitrogen and oxygen atoms in total. The lowest BCUT2D eigenvalue weighted by molar-refractivity contribution is 0.154. The van der Waals surface area contributed by atoms with Crippen LogP contribution in [-0.4, -0.2) is 42.7 Å². The van der Waals surface area contributed by atoms with Crippen molar-refractivity contribution in [3.8, 4) is 0 Å². The Bertz CT molecular complexity index is 566. The molecule has 0 saturated heterocycles. The monoisotopic (exact) mass is 272 g/mol. The zero-order chi connectivity index (χ0) is 13.0. The van der Waals surface area contributed by atoms with E-state index in [2.05, 4.69) is 19.9 Å². The van der Waals surface area contributed by atoms with E-state index in [0.717, 1.165) is 5.52 Å². The summed E-state index contributed by atoms with van der Waals surface area (Å²) in [6, 6.07) is 0. The average Bonchev–Trinajstić information content (AvgIpc) is 2.74. The molecule has 0 aliphatic heterocycles. The Kier molecular flexibility index (Phi) is 4.03. The van der Waals surface area contributed by atoms with Crippen molar-refractivity contribution in [2.75, 3.05) is 13.0 Å². The first kappa shape index (κ1) is 13.1. The van der Waals surface area contributed by atoms with Crippen LogP contribution in [0.3, 0.4) is 0 Å². The number of aromatic amines is 1. The van der Waals surface area contributed by atoms with Gasteiger partial charge < -0.3 is 19.5 Å². The molecular formula is C9H13N4O4P. The number of imidazole rings is 1. The van der Waals surface area contributed by atoms with Gasteiger partial charge in [0.25, 0.3) is 0 Å². The standard InChI is InChI=1S/C9H13N4O4P/c14-18(15,16)6-17-3-1-2-8-10-4-7-9(13-8)12-5-11-7/h4-5H,1-3,6H2,(H2,14,15,16)(H,10,11,12,13). The minimum Gasteiger partial charge on any atom is -0.369 e. The van der Waals surface area contributed by atoms with E-state index in [1.54, 1.807) is 12.5 Å². The Morgan fingerprint density at radius 3 is 3.00 bits per heavy atom. The van der Waals surface area contributed by atoms with E-state index in [4.69, 9.17) is 14.5 Å². The van der Waals surface area contributed by atoms with Crippen LogP contribution in [0.25, 0.3) is 11.2 Å². The van der Waals surface area contributed by atoms with E-state index in [9.17, 15) is 4.57 Å². The molecule has 0 aliphatic carbocycles. The third-order valence-corrected chi connectivity index (χ3v) is 2.69. The summed E-state index contributed by atoms with van der Waals surface area (Å²) >= 11 is 0. The molecule has 9 heteroatoms. The second kappa shape index (κ2) is 5.53. The predicted octanol–water partition coefficient (Wildman–Crippen LogP) is 0.437. The smallest absolute Gasteiger partial charge is 0.350 e. The van der Waals surface area contributed by atoms with Gasteiger partial charge in [-0.2, -0.15) is 0 Å². The predicted molar refractivity (Wildman–Crippen MR) is 62.9 cm³/mol. The minimum atomic E-state index is -4.07. The maximum Gasteiger partial charge on any atom is 0.350 e. The van der Waals surface area contributed by atoms with Gasteiger partial charge in [0.05, 0.1) is 12.5 Å². The number of rotatable bonds is 6. The first-order valence-corrected chi connectivity index (χ1v) is 7.12. The van der Waals surface area contributed by atoms with Crippen LogP contribution in [-0.2, 0) is 15.7 Å². The van der Waals surface area contributed by atoms with E-state index in [1.165, 1.54) is 0 Å². The molecule has 2 aromatic heterocycles. The van der Waals surface area contributed by atoms with Gasteiger partial charge in [0, 0.05) is 13.0 Å². The lowest BCUT2D eigenvalue weighted by Crippen LogP contribution is -2.01. The second-order valence-corrected chi connectivity index (χ2v) is 5.32. The van der Waals surface area contributed by atoms with Crippen LogP contribution >= 0.6 is 7.60 Å². The van der Waals surface area contributed by atoms with E-state index < -0.39 is 13.9 Å². The SMILES string of the molecule is O=P(O)(O)COCCCc1ncc2[nH]cnc2n1. The summed E-state index contributed by atoms with van der Waals surface area (Å²) < 4.78 is 15.4. The summed E-state index contributed by atoms with van der Waals surface area (Å²) in [6.07, 6.45) is 3.82. The largest absolute Gasteiger partial charge is 0.369 e. The van der Waals surface area contributed by atoms with Gasteiger partial charge in [-0.25, -0.2) is 15.0 Å². The molecular weight excluding hydrogens is 259 g/mol. The molecule has 0 radical (unpaired) electrons. The molecule has 0 spiro atoms. The molecule has 2 rings (SSSR count). The maximum atomic E-state index is 10.5. The van der Waals surface area contributed by atoms with Gasteiger partial charge in [-0.05, 0) is 6.42 Å². The van der Waals surface area contributed by atoms with Crippen LogP contribution in [0.15, 0.2) is 12.5 Å². The second-order valence-electron chi connectivity index (χ2n) is 3.73. The van der Waals surface area contributed by atoms with E-state index in [0.29, 0.717) is 24.3 Å². The number of ether oxygens (including phenoxy) is 1. The quantitative estimate of drug-likeness (QED) is 0.515. The van der Waals surface area contributed by atoms with Gasteiger partial charge in [-0.3, -0.25) is 4.57 Å². The number of hydrogen-bond donors (Lipinski definition) is 3. The van der Waals surface area contributed by atoms with Crippen LogP contribution < -0.4 is 0 Å². The van der Waals surface area contributed by atoms with Crippen molar-refractivity contribution < 1.29 is 19.1 Å². The summed E-state index contributed by atoms with van der Waals surface area (Å²) in [6.45, 7) is 0.257. The van der Waals surface area contributed by atoms with Crippen LogP contribution in [0.1, 0.15) is 12.2 Å². The van der Waals surface area contributed by atoms with Gasteiger partial charge in [0.15, 0.2) is 5.65 Å². The molecule has 2 aromatic rings. The average molecular weight is 272 g/mol. The molecule has 98 valence electrons. The summed E-state index contributed by atoms with van der Waals surface area (Å²) in [5.41, 5.74) is 1.38. The zero-order valence-electron chi connectivity index (χ0n) is 9.48. The van der Waals surface area contributed by atoms with Gasteiger partial charge in [0.1, 0.15) is 17.7 Å². The lowest BCUT2D eigenvalue weighted by atomic mass is 10.3. The fourth-order valence-electron chi connectivity index (χ4n) is 1.41. The molecule has 0 unspecified atom stereocenters. The number of H-pyrrole nitrogens is 1. The highest BCUT2D eigenvalue weighted by Crippen LogP contribution is 2.33. The normalized spacial score (nSPS) is 12.1. The van der Waals surface area contributed by atoms with Crippen molar-refractivity contribution in [3.63, 3.8) is 0 Å². The Balaban J connectivity index is 1.78. The van der Waals surface area contributed by atoms with E-state index >= 15 is 0 Å². The Hall–Kier alpha value is -1.34. The first-order chi connectivity index (χ1) is 8.54. The molecule has 0 bridgehead atoms. The highest BCUT2D eigenvalue weighted by Gasteiger charge is 2.12. The molecule has 0 aliphatic rings. The van der Waals surface area contributed by atoms with Crippen molar-refractivity contribution in [3.05, 3.63) is 18.3 Å². The van der Waals surface area contributed by atoms with Crippen molar-refractivity contribution in [2.24, 2.45) is 0 Å². The number of fused-ring (bicyclic) bond motifs is 1. The number of aryl methyl sites for hydroxylation is 1. The highest BCUT2D eigenvalue weighted by molar-refractivity contribution is 7.51. The number of aromatic nitrogens is 4. The molecule has 0 saturated carbocycles. The molecule has 18 heavy (non-hydrogen) atoms. The maximum absolute atomic E-state index is 10.5. The fraction of sp³-hybridized carbons (Fsp3) is 0.444. The van der Waals surface area contributed by atoms with Crippen LogP contribution in [0.5, 0.6) is 0 Å². The van der Waals surface area contributed by atoms with Crippen LogP contribution in [0, 0.1) is 0 Å². The fourth-order valence-corrected chi connectivity index (χ4v) is 1.77. The molecule has 3 N–H and O–H groups in total. The number of hydrogen-bond acceptors (Lipinski definition) is 5.